The average molecular weight is 223 g/mol. The van der Waals surface area contributed by atoms with Crippen LogP contribution in [-0.2, 0) is 10.8 Å². The van der Waals surface area contributed by atoms with Gasteiger partial charge in [0.15, 0.2) is 0 Å². The number of aromatic nitrogens is 3. The molecular weight excluding hydrogens is 198 g/mol. The molecule has 0 atom stereocenters. The van der Waals surface area contributed by atoms with Gasteiger partial charge in [-0.1, -0.05) is 46.8 Å². The highest BCUT2D eigenvalue weighted by atomic mass is 15.4. The number of rotatable bonds is 1. The Labute approximate surface area is 99.2 Å². The van der Waals surface area contributed by atoms with Gasteiger partial charge < -0.3 is 0 Å². The third-order valence-electron chi connectivity index (χ3n) is 2.60. The van der Waals surface area contributed by atoms with Crippen molar-refractivity contribution in [1.82, 2.24) is 15.0 Å². The van der Waals surface area contributed by atoms with Crippen LogP contribution in [0.4, 0.5) is 0 Å². The zero-order valence-electron chi connectivity index (χ0n) is 11.9. The van der Waals surface area contributed by atoms with E-state index in [1.807, 2.05) is 0 Å². The quantitative estimate of drug-likeness (QED) is 0.730. The summed E-state index contributed by atoms with van der Waals surface area (Å²) in [6, 6.07) is 0.359. The van der Waals surface area contributed by atoms with Gasteiger partial charge in [-0.05, 0) is 13.8 Å². The summed E-state index contributed by atoms with van der Waals surface area (Å²) in [5.74, 6) is 0. The van der Waals surface area contributed by atoms with Crippen molar-refractivity contribution in [3.8, 4) is 0 Å². The molecule has 0 unspecified atom stereocenters. The van der Waals surface area contributed by atoms with Crippen molar-refractivity contribution in [3.63, 3.8) is 0 Å². The molecule has 0 N–H and O–H groups in total. The van der Waals surface area contributed by atoms with E-state index in [-0.39, 0.29) is 10.8 Å². The van der Waals surface area contributed by atoms with Crippen molar-refractivity contribution in [1.29, 1.82) is 0 Å². The number of hydrogen-bond donors (Lipinski definition) is 0. The summed E-state index contributed by atoms with van der Waals surface area (Å²) >= 11 is 0. The Bertz CT molecular complexity index is 362. The molecule has 0 radical (unpaired) electrons. The first-order valence-electron chi connectivity index (χ1n) is 6.01. The molecular formula is C13H25N3. The molecule has 1 heterocycles. The van der Waals surface area contributed by atoms with Crippen molar-refractivity contribution in [2.45, 2.75) is 72.3 Å². The minimum absolute atomic E-state index is 0.0513. The smallest absolute Gasteiger partial charge is 0.0918 e. The lowest BCUT2D eigenvalue weighted by atomic mass is 9.82. The lowest BCUT2D eigenvalue weighted by Gasteiger charge is -2.27. The lowest BCUT2D eigenvalue weighted by molar-refractivity contribution is 0.432. The van der Waals surface area contributed by atoms with Crippen LogP contribution in [0.5, 0.6) is 0 Å². The van der Waals surface area contributed by atoms with Crippen molar-refractivity contribution < 1.29 is 0 Å². The Hall–Kier alpha value is -0.860. The molecule has 0 spiro atoms. The maximum Gasteiger partial charge on any atom is 0.0918 e. The van der Waals surface area contributed by atoms with Gasteiger partial charge in [0.05, 0.1) is 11.4 Å². The van der Waals surface area contributed by atoms with E-state index in [0.717, 1.165) is 5.69 Å². The summed E-state index contributed by atoms with van der Waals surface area (Å²) < 4.78 is 2.06. The maximum atomic E-state index is 4.39. The summed E-state index contributed by atoms with van der Waals surface area (Å²) in [5, 5.41) is 8.70. The van der Waals surface area contributed by atoms with Crippen LogP contribution in [0.3, 0.4) is 0 Å². The van der Waals surface area contributed by atoms with Gasteiger partial charge in [0.1, 0.15) is 0 Å². The molecule has 92 valence electrons. The average Bonchev–Trinajstić information content (AvgIpc) is 2.43. The van der Waals surface area contributed by atoms with Crippen molar-refractivity contribution in [2.75, 3.05) is 0 Å². The zero-order chi connectivity index (χ0) is 12.7. The normalized spacial score (nSPS) is 13.6. The van der Waals surface area contributed by atoms with E-state index in [2.05, 4.69) is 70.4 Å². The molecule has 0 aromatic carbocycles. The molecule has 0 fully saturated rings. The van der Waals surface area contributed by atoms with Gasteiger partial charge in [0, 0.05) is 16.9 Å². The van der Waals surface area contributed by atoms with E-state index < -0.39 is 0 Å². The van der Waals surface area contributed by atoms with E-state index >= 15 is 0 Å². The second-order valence-corrected chi connectivity index (χ2v) is 6.82. The molecule has 0 aliphatic heterocycles. The summed E-state index contributed by atoms with van der Waals surface area (Å²) in [4.78, 5) is 0. The summed E-state index contributed by atoms with van der Waals surface area (Å²) in [6.07, 6.45) is 0. The van der Waals surface area contributed by atoms with Gasteiger partial charge in [0.2, 0.25) is 0 Å². The third kappa shape index (κ3) is 2.45. The first-order chi connectivity index (χ1) is 7.05. The Morgan fingerprint density at radius 2 is 1.44 bits per heavy atom. The van der Waals surface area contributed by atoms with Crippen molar-refractivity contribution in [2.24, 2.45) is 0 Å². The second-order valence-electron chi connectivity index (χ2n) is 6.82. The van der Waals surface area contributed by atoms with Gasteiger partial charge in [-0.3, -0.25) is 0 Å². The Morgan fingerprint density at radius 1 is 0.938 bits per heavy atom. The van der Waals surface area contributed by atoms with Crippen molar-refractivity contribution in [3.05, 3.63) is 11.4 Å². The maximum absolute atomic E-state index is 4.39. The lowest BCUT2D eigenvalue weighted by Crippen LogP contribution is -2.25. The molecule has 1 aromatic heterocycles. The van der Waals surface area contributed by atoms with E-state index in [4.69, 9.17) is 0 Å². The van der Waals surface area contributed by atoms with Gasteiger partial charge in [-0.15, -0.1) is 5.10 Å². The fourth-order valence-electron chi connectivity index (χ4n) is 1.86. The standard InChI is InChI=1S/C13H25N3/c1-9(2)16-11(13(6,7)8)10(14-15-16)12(3,4)5/h9H,1-8H3. The summed E-state index contributed by atoms with van der Waals surface area (Å²) in [5.41, 5.74) is 2.51. The van der Waals surface area contributed by atoms with Crippen LogP contribution in [0.1, 0.15) is 72.8 Å². The van der Waals surface area contributed by atoms with Gasteiger partial charge in [0.25, 0.3) is 0 Å². The molecule has 0 saturated carbocycles. The van der Waals surface area contributed by atoms with Gasteiger partial charge in [-0.2, -0.15) is 0 Å². The highest BCUT2D eigenvalue weighted by Gasteiger charge is 2.31. The number of nitrogens with zero attached hydrogens (tertiary/aromatic N) is 3. The van der Waals surface area contributed by atoms with E-state index in [1.54, 1.807) is 0 Å². The molecule has 1 aromatic rings. The fourth-order valence-corrected chi connectivity index (χ4v) is 1.86. The predicted molar refractivity (Wildman–Crippen MR) is 67.8 cm³/mol. The summed E-state index contributed by atoms with van der Waals surface area (Å²) in [6.45, 7) is 17.5. The van der Waals surface area contributed by atoms with Gasteiger partial charge in [-0.25, -0.2) is 4.68 Å². The molecule has 16 heavy (non-hydrogen) atoms. The van der Waals surface area contributed by atoms with E-state index in [0.29, 0.717) is 6.04 Å². The summed E-state index contributed by atoms with van der Waals surface area (Å²) in [7, 11) is 0. The fraction of sp³-hybridized carbons (Fsp3) is 0.846. The highest BCUT2D eigenvalue weighted by molar-refractivity contribution is 5.25. The topological polar surface area (TPSA) is 30.7 Å². The molecule has 0 aliphatic rings. The molecule has 0 bridgehead atoms. The monoisotopic (exact) mass is 223 g/mol. The highest BCUT2D eigenvalue weighted by Crippen LogP contribution is 2.33. The Balaban J connectivity index is 3.44. The van der Waals surface area contributed by atoms with E-state index in [9.17, 15) is 0 Å². The third-order valence-corrected chi connectivity index (χ3v) is 2.60. The largest absolute Gasteiger partial charge is 0.246 e. The Kier molecular flexibility index (Phi) is 3.19. The minimum Gasteiger partial charge on any atom is -0.246 e. The molecule has 0 aliphatic carbocycles. The van der Waals surface area contributed by atoms with Crippen LogP contribution in [0, 0.1) is 0 Å². The van der Waals surface area contributed by atoms with Crippen molar-refractivity contribution >= 4 is 0 Å². The van der Waals surface area contributed by atoms with E-state index in [1.165, 1.54) is 5.69 Å². The SMILES string of the molecule is CC(C)n1nnc(C(C)(C)C)c1C(C)(C)C. The predicted octanol–water partition coefficient (Wildman–Crippen LogP) is 3.45. The van der Waals surface area contributed by atoms with Crippen LogP contribution >= 0.6 is 0 Å². The van der Waals surface area contributed by atoms with Gasteiger partial charge >= 0.3 is 0 Å². The first kappa shape index (κ1) is 13.2. The van der Waals surface area contributed by atoms with Crippen LogP contribution in [-0.4, -0.2) is 15.0 Å². The minimum atomic E-state index is 0.0513. The second kappa shape index (κ2) is 3.86. The van der Waals surface area contributed by atoms with Crippen LogP contribution < -0.4 is 0 Å². The van der Waals surface area contributed by atoms with Crippen LogP contribution in [0.2, 0.25) is 0 Å². The number of hydrogen-bond acceptors (Lipinski definition) is 2. The molecule has 0 saturated heterocycles. The first-order valence-corrected chi connectivity index (χ1v) is 6.01. The Morgan fingerprint density at radius 3 is 1.75 bits per heavy atom. The molecule has 1 rings (SSSR count). The zero-order valence-corrected chi connectivity index (χ0v) is 11.9. The van der Waals surface area contributed by atoms with Crippen LogP contribution in [0.25, 0.3) is 0 Å². The molecule has 3 nitrogen and oxygen atoms in total. The molecule has 0 amide bonds. The van der Waals surface area contributed by atoms with Crippen LogP contribution in [0.15, 0.2) is 0 Å². The molecule has 3 heteroatoms.